The maximum Gasteiger partial charge on any atom is 0.325 e. The number of nitrogens with zero attached hydrogens (tertiary/aromatic N) is 2. The molecule has 2 aliphatic heterocycles. The van der Waals surface area contributed by atoms with Gasteiger partial charge in [-0.25, -0.2) is 9.78 Å². The van der Waals surface area contributed by atoms with Crippen molar-refractivity contribution in [1.29, 1.82) is 0 Å². The molecule has 2 saturated heterocycles. The molecule has 0 radical (unpaired) electrons. The lowest BCUT2D eigenvalue weighted by Gasteiger charge is -2.18. The first kappa shape index (κ1) is 13.8. The van der Waals surface area contributed by atoms with E-state index in [0.29, 0.717) is 17.9 Å². The molecular formula is C14H13N3O3S2. The average molecular weight is 335 g/mol. The van der Waals surface area contributed by atoms with Gasteiger partial charge in [-0.2, -0.15) is 11.8 Å². The summed E-state index contributed by atoms with van der Waals surface area (Å²) < 4.78 is 5.04. The number of carbonyl (C=O) groups excluding carboxylic acids is 2. The number of nitrogens with one attached hydrogen (secondary N) is 1. The highest BCUT2D eigenvalue weighted by molar-refractivity contribution is 7.99. The summed E-state index contributed by atoms with van der Waals surface area (Å²) in [7, 11) is 0. The standard InChI is InChI=1S/C14H13N3O3S2/c18-12-14(2-4-21-8-14)16-13(19)17(12)5-10-7-22-11(15-10)9-1-3-20-6-9/h1,3,6-7H,2,4-5,8H2,(H,16,19). The van der Waals surface area contributed by atoms with E-state index in [9.17, 15) is 9.59 Å². The molecular weight excluding hydrogens is 322 g/mol. The Morgan fingerprint density at radius 1 is 1.45 bits per heavy atom. The normalized spacial score (nSPS) is 24.5. The molecule has 4 heterocycles. The van der Waals surface area contributed by atoms with Crippen LogP contribution in [-0.4, -0.2) is 38.9 Å². The number of urea groups is 1. The molecule has 0 aromatic carbocycles. The van der Waals surface area contributed by atoms with Gasteiger partial charge in [-0.1, -0.05) is 0 Å². The van der Waals surface area contributed by atoms with Crippen LogP contribution >= 0.6 is 23.1 Å². The van der Waals surface area contributed by atoms with Crippen molar-refractivity contribution in [3.8, 4) is 10.6 Å². The fraction of sp³-hybridized carbons (Fsp3) is 0.357. The fourth-order valence-corrected chi connectivity index (χ4v) is 4.84. The zero-order valence-electron chi connectivity index (χ0n) is 11.6. The van der Waals surface area contributed by atoms with Gasteiger partial charge >= 0.3 is 6.03 Å². The van der Waals surface area contributed by atoms with Crippen molar-refractivity contribution in [2.75, 3.05) is 11.5 Å². The third kappa shape index (κ3) is 2.14. The minimum atomic E-state index is -0.689. The van der Waals surface area contributed by atoms with E-state index in [1.165, 1.54) is 16.2 Å². The molecule has 2 aliphatic rings. The van der Waals surface area contributed by atoms with Crippen molar-refractivity contribution in [2.45, 2.75) is 18.5 Å². The van der Waals surface area contributed by atoms with Crippen molar-refractivity contribution in [3.63, 3.8) is 0 Å². The first-order valence-corrected chi connectivity index (χ1v) is 8.90. The van der Waals surface area contributed by atoms with Crippen LogP contribution in [0.5, 0.6) is 0 Å². The fourth-order valence-electron chi connectivity index (χ4n) is 2.71. The second-order valence-electron chi connectivity index (χ2n) is 5.36. The molecule has 0 bridgehead atoms. The van der Waals surface area contributed by atoms with E-state index in [2.05, 4.69) is 10.3 Å². The van der Waals surface area contributed by atoms with Gasteiger partial charge in [0.25, 0.3) is 5.91 Å². The van der Waals surface area contributed by atoms with Crippen molar-refractivity contribution in [2.24, 2.45) is 0 Å². The third-order valence-corrected chi connectivity index (χ3v) is 6.04. The highest BCUT2D eigenvalue weighted by atomic mass is 32.2. The predicted octanol–water partition coefficient (Wildman–Crippen LogP) is 2.33. The Morgan fingerprint density at radius 2 is 2.36 bits per heavy atom. The van der Waals surface area contributed by atoms with E-state index in [-0.39, 0.29) is 18.5 Å². The zero-order valence-corrected chi connectivity index (χ0v) is 13.2. The van der Waals surface area contributed by atoms with E-state index < -0.39 is 5.54 Å². The Balaban J connectivity index is 1.54. The topological polar surface area (TPSA) is 75.4 Å². The Bertz CT molecular complexity index is 720. The molecule has 2 aromatic rings. The van der Waals surface area contributed by atoms with Gasteiger partial charge in [0, 0.05) is 16.7 Å². The average Bonchev–Trinajstić information content (AvgIpc) is 3.25. The first-order chi connectivity index (χ1) is 10.7. The van der Waals surface area contributed by atoms with Crippen LogP contribution in [0.4, 0.5) is 4.79 Å². The lowest BCUT2D eigenvalue weighted by atomic mass is 9.99. The highest BCUT2D eigenvalue weighted by Gasteiger charge is 2.52. The summed E-state index contributed by atoms with van der Waals surface area (Å²) in [6.07, 6.45) is 3.92. The molecule has 2 aromatic heterocycles. The van der Waals surface area contributed by atoms with Gasteiger partial charge in [-0.3, -0.25) is 9.69 Å². The number of carbonyl (C=O) groups is 2. The maximum atomic E-state index is 12.6. The Kier molecular flexibility index (Phi) is 3.23. The molecule has 0 saturated carbocycles. The summed E-state index contributed by atoms with van der Waals surface area (Å²) in [5.74, 6) is 1.44. The number of thiazole rings is 1. The van der Waals surface area contributed by atoms with Crippen LogP contribution in [0.25, 0.3) is 10.6 Å². The summed E-state index contributed by atoms with van der Waals surface area (Å²) in [5, 5.41) is 5.55. The zero-order chi connectivity index (χ0) is 15.2. The van der Waals surface area contributed by atoms with Crippen LogP contribution in [-0.2, 0) is 11.3 Å². The van der Waals surface area contributed by atoms with E-state index >= 15 is 0 Å². The van der Waals surface area contributed by atoms with Crippen molar-refractivity contribution in [1.82, 2.24) is 15.2 Å². The molecule has 8 heteroatoms. The van der Waals surface area contributed by atoms with Gasteiger partial charge in [0.15, 0.2) is 0 Å². The third-order valence-electron chi connectivity index (χ3n) is 3.91. The van der Waals surface area contributed by atoms with Gasteiger partial charge in [-0.05, 0) is 18.2 Å². The van der Waals surface area contributed by atoms with Crippen molar-refractivity contribution in [3.05, 3.63) is 29.7 Å². The van der Waals surface area contributed by atoms with Crippen LogP contribution in [0.15, 0.2) is 28.4 Å². The van der Waals surface area contributed by atoms with Crippen LogP contribution in [0, 0.1) is 0 Å². The Labute approximate surface area is 134 Å². The lowest BCUT2D eigenvalue weighted by Crippen LogP contribution is -2.46. The minimum absolute atomic E-state index is 0.125. The SMILES string of the molecule is O=C1NC2(CCSC2)C(=O)N1Cc1csc(-c2ccoc2)n1. The number of aromatic nitrogens is 1. The Hall–Kier alpha value is -1.80. The number of thioether (sulfide) groups is 1. The molecule has 1 atom stereocenters. The molecule has 3 amide bonds. The molecule has 1 spiro atoms. The number of furan rings is 1. The summed E-state index contributed by atoms with van der Waals surface area (Å²) >= 11 is 3.17. The number of amides is 3. The van der Waals surface area contributed by atoms with Crippen molar-refractivity contribution < 1.29 is 14.0 Å². The summed E-state index contributed by atoms with van der Waals surface area (Å²) in [4.78, 5) is 30.5. The highest BCUT2D eigenvalue weighted by Crippen LogP contribution is 2.34. The number of hydrogen-bond acceptors (Lipinski definition) is 6. The van der Waals surface area contributed by atoms with Gasteiger partial charge < -0.3 is 9.73 Å². The van der Waals surface area contributed by atoms with Crippen LogP contribution in [0.1, 0.15) is 12.1 Å². The number of imide groups is 1. The number of hydrogen-bond donors (Lipinski definition) is 1. The minimum Gasteiger partial charge on any atom is -0.472 e. The lowest BCUT2D eigenvalue weighted by molar-refractivity contribution is -0.130. The van der Waals surface area contributed by atoms with Crippen molar-refractivity contribution >= 4 is 35.0 Å². The molecule has 4 rings (SSSR count). The van der Waals surface area contributed by atoms with E-state index in [0.717, 1.165) is 16.3 Å². The van der Waals surface area contributed by atoms with E-state index in [1.54, 1.807) is 24.3 Å². The van der Waals surface area contributed by atoms with Gasteiger partial charge in [-0.15, -0.1) is 11.3 Å². The maximum absolute atomic E-state index is 12.6. The Morgan fingerprint density at radius 3 is 3.09 bits per heavy atom. The van der Waals surface area contributed by atoms with Gasteiger partial charge in [0.05, 0.1) is 18.5 Å². The monoisotopic (exact) mass is 335 g/mol. The largest absolute Gasteiger partial charge is 0.472 e. The summed E-state index contributed by atoms with van der Waals surface area (Å²) in [6.45, 7) is 0.214. The van der Waals surface area contributed by atoms with E-state index in [1.807, 2.05) is 11.4 Å². The summed E-state index contributed by atoms with van der Waals surface area (Å²) in [5.41, 5.74) is 0.926. The van der Waals surface area contributed by atoms with Gasteiger partial charge in [0.1, 0.15) is 16.8 Å². The molecule has 1 N–H and O–H groups in total. The van der Waals surface area contributed by atoms with Crippen LogP contribution in [0.3, 0.4) is 0 Å². The first-order valence-electron chi connectivity index (χ1n) is 6.87. The second-order valence-corrected chi connectivity index (χ2v) is 7.33. The molecule has 22 heavy (non-hydrogen) atoms. The second kappa shape index (κ2) is 5.13. The molecule has 6 nitrogen and oxygen atoms in total. The quantitative estimate of drug-likeness (QED) is 0.871. The molecule has 0 aliphatic carbocycles. The van der Waals surface area contributed by atoms with Crippen LogP contribution < -0.4 is 5.32 Å². The molecule has 2 fully saturated rings. The van der Waals surface area contributed by atoms with E-state index in [4.69, 9.17) is 4.42 Å². The van der Waals surface area contributed by atoms with Gasteiger partial charge in [0.2, 0.25) is 0 Å². The molecule has 114 valence electrons. The molecule has 1 unspecified atom stereocenters. The number of rotatable bonds is 3. The summed E-state index contributed by atoms with van der Waals surface area (Å²) in [6, 6.07) is 1.52. The van der Waals surface area contributed by atoms with Crippen LogP contribution in [0.2, 0.25) is 0 Å². The predicted molar refractivity (Wildman–Crippen MR) is 83.6 cm³/mol. The smallest absolute Gasteiger partial charge is 0.325 e.